The van der Waals surface area contributed by atoms with Crippen molar-refractivity contribution in [2.24, 2.45) is 0 Å². The molecule has 1 aromatic heterocycles. The van der Waals surface area contributed by atoms with Gasteiger partial charge in [0.1, 0.15) is 0 Å². The molecule has 0 fully saturated rings. The maximum Gasteiger partial charge on any atom is 0.311 e. The van der Waals surface area contributed by atoms with E-state index in [1.54, 1.807) is 6.07 Å². The minimum atomic E-state index is -0.399. The molecule has 0 saturated heterocycles. The molecule has 1 aromatic carbocycles. The summed E-state index contributed by atoms with van der Waals surface area (Å²) in [5.41, 5.74) is 3.50. The minimum Gasteiger partial charge on any atom is -0.364 e. The molecule has 102 valence electrons. The second-order valence-corrected chi connectivity index (χ2v) is 5.06. The summed E-state index contributed by atoms with van der Waals surface area (Å²) in [6.45, 7) is 2.50. The quantitative estimate of drug-likeness (QED) is 0.684. The molecule has 2 aromatic rings. The van der Waals surface area contributed by atoms with E-state index < -0.39 is 4.92 Å². The number of nitro groups is 1. The fourth-order valence-corrected chi connectivity index (χ4v) is 2.59. The zero-order chi connectivity index (χ0) is 14.1. The molecule has 5 nitrogen and oxygen atoms in total. The number of fused-ring (bicyclic) bond motifs is 1. The van der Waals surface area contributed by atoms with Gasteiger partial charge in [0.25, 0.3) is 0 Å². The van der Waals surface area contributed by atoms with E-state index in [9.17, 15) is 10.1 Å². The van der Waals surface area contributed by atoms with Gasteiger partial charge < -0.3 is 5.32 Å². The zero-order valence-corrected chi connectivity index (χ0v) is 11.2. The molecule has 1 heterocycles. The average molecular weight is 269 g/mol. The van der Waals surface area contributed by atoms with E-state index in [4.69, 9.17) is 0 Å². The lowest BCUT2D eigenvalue weighted by atomic mass is 9.77. The number of anilines is 1. The first-order valence-corrected chi connectivity index (χ1v) is 6.59. The maximum atomic E-state index is 11.0. The minimum absolute atomic E-state index is 0.0307. The smallest absolute Gasteiger partial charge is 0.311 e. The molecule has 0 bridgehead atoms. The van der Waals surface area contributed by atoms with Gasteiger partial charge in [-0.15, -0.1) is 0 Å². The van der Waals surface area contributed by atoms with Crippen LogP contribution in [0.25, 0.3) is 0 Å². The second-order valence-electron chi connectivity index (χ2n) is 5.06. The van der Waals surface area contributed by atoms with Crippen molar-refractivity contribution in [2.75, 3.05) is 11.9 Å². The highest BCUT2D eigenvalue weighted by atomic mass is 16.6. The van der Waals surface area contributed by atoms with E-state index in [1.165, 1.54) is 17.2 Å². The monoisotopic (exact) mass is 269 g/mol. The SMILES string of the molecule is Cc1ccc([N+](=O)[O-])c(NCC2Cc3ccccc32)n1. The number of benzene rings is 1. The Morgan fingerprint density at radius 2 is 2.15 bits per heavy atom. The molecule has 0 radical (unpaired) electrons. The van der Waals surface area contributed by atoms with Crippen molar-refractivity contribution in [1.29, 1.82) is 0 Å². The molecule has 1 atom stereocenters. The third-order valence-electron chi connectivity index (χ3n) is 3.69. The largest absolute Gasteiger partial charge is 0.364 e. The number of aryl methyl sites for hydroxylation is 1. The van der Waals surface area contributed by atoms with E-state index in [0.29, 0.717) is 18.3 Å². The standard InChI is InChI=1S/C15H15N3O2/c1-10-6-7-14(18(19)20)15(17-10)16-9-12-8-11-4-2-3-5-13(11)12/h2-7,12H,8-9H2,1H3,(H,16,17). The van der Waals surface area contributed by atoms with Crippen LogP contribution in [-0.2, 0) is 6.42 Å². The van der Waals surface area contributed by atoms with Gasteiger partial charge in [-0.2, -0.15) is 0 Å². The number of hydrogen-bond donors (Lipinski definition) is 1. The number of nitrogens with one attached hydrogen (secondary N) is 1. The zero-order valence-electron chi connectivity index (χ0n) is 11.2. The topological polar surface area (TPSA) is 68.1 Å². The van der Waals surface area contributed by atoms with Crippen LogP contribution in [0.4, 0.5) is 11.5 Å². The van der Waals surface area contributed by atoms with Crippen molar-refractivity contribution in [1.82, 2.24) is 4.98 Å². The Morgan fingerprint density at radius 1 is 1.35 bits per heavy atom. The van der Waals surface area contributed by atoms with Gasteiger partial charge in [0.2, 0.25) is 5.82 Å². The van der Waals surface area contributed by atoms with Crippen LogP contribution in [0, 0.1) is 17.0 Å². The van der Waals surface area contributed by atoms with Crippen molar-refractivity contribution >= 4 is 11.5 Å². The first-order chi connectivity index (χ1) is 9.65. The Bertz CT molecular complexity index is 670. The second kappa shape index (κ2) is 4.92. The molecule has 0 spiro atoms. The first kappa shape index (κ1) is 12.6. The molecule has 5 heteroatoms. The Hall–Kier alpha value is -2.43. The van der Waals surface area contributed by atoms with Gasteiger partial charge in [0.15, 0.2) is 0 Å². The van der Waals surface area contributed by atoms with Crippen LogP contribution in [-0.4, -0.2) is 16.5 Å². The summed E-state index contributed by atoms with van der Waals surface area (Å²) in [6.07, 6.45) is 1.02. The fourth-order valence-electron chi connectivity index (χ4n) is 2.59. The summed E-state index contributed by atoms with van der Waals surface area (Å²) < 4.78 is 0. The van der Waals surface area contributed by atoms with Crippen LogP contribution in [0.3, 0.4) is 0 Å². The fraction of sp³-hybridized carbons (Fsp3) is 0.267. The highest BCUT2D eigenvalue weighted by Gasteiger charge is 2.26. The van der Waals surface area contributed by atoms with E-state index in [-0.39, 0.29) is 5.69 Å². The molecule has 20 heavy (non-hydrogen) atoms. The molecule has 0 amide bonds. The summed E-state index contributed by atoms with van der Waals surface area (Å²) >= 11 is 0. The molecule has 3 rings (SSSR count). The number of rotatable bonds is 4. The van der Waals surface area contributed by atoms with E-state index in [1.807, 2.05) is 19.1 Å². The van der Waals surface area contributed by atoms with Crippen LogP contribution in [0.2, 0.25) is 0 Å². The van der Waals surface area contributed by atoms with E-state index in [0.717, 1.165) is 12.1 Å². The van der Waals surface area contributed by atoms with Gasteiger partial charge in [0.05, 0.1) is 4.92 Å². The number of hydrogen-bond acceptors (Lipinski definition) is 4. The van der Waals surface area contributed by atoms with Gasteiger partial charge in [-0.3, -0.25) is 10.1 Å². The lowest BCUT2D eigenvalue weighted by molar-refractivity contribution is -0.384. The Labute approximate surface area is 116 Å². The average Bonchev–Trinajstić information content (AvgIpc) is 2.39. The molecular weight excluding hydrogens is 254 g/mol. The summed E-state index contributed by atoms with van der Waals surface area (Å²) in [5.74, 6) is 0.771. The highest BCUT2D eigenvalue weighted by molar-refractivity contribution is 5.56. The van der Waals surface area contributed by atoms with E-state index in [2.05, 4.69) is 22.4 Å². The van der Waals surface area contributed by atoms with Crippen LogP contribution in [0.1, 0.15) is 22.7 Å². The highest BCUT2D eigenvalue weighted by Crippen LogP contribution is 2.35. The van der Waals surface area contributed by atoms with Crippen molar-refractivity contribution in [3.63, 3.8) is 0 Å². The molecular formula is C15H15N3O2. The van der Waals surface area contributed by atoms with Crippen molar-refractivity contribution in [3.8, 4) is 0 Å². The Balaban J connectivity index is 1.74. The number of pyridine rings is 1. The predicted octanol–water partition coefficient (Wildman–Crippen LogP) is 3.05. The van der Waals surface area contributed by atoms with Crippen LogP contribution in [0.5, 0.6) is 0 Å². The predicted molar refractivity (Wildman–Crippen MR) is 77.0 cm³/mol. The van der Waals surface area contributed by atoms with Gasteiger partial charge in [-0.25, -0.2) is 4.98 Å². The molecule has 1 unspecified atom stereocenters. The number of aromatic nitrogens is 1. The van der Waals surface area contributed by atoms with Gasteiger partial charge >= 0.3 is 5.69 Å². The summed E-state index contributed by atoms with van der Waals surface area (Å²) in [6, 6.07) is 11.5. The van der Waals surface area contributed by atoms with Crippen molar-refractivity contribution in [3.05, 3.63) is 63.3 Å². The molecule has 1 aliphatic carbocycles. The molecule has 0 saturated carbocycles. The summed E-state index contributed by atoms with van der Waals surface area (Å²) in [4.78, 5) is 14.8. The van der Waals surface area contributed by atoms with Crippen molar-refractivity contribution in [2.45, 2.75) is 19.3 Å². The van der Waals surface area contributed by atoms with Crippen molar-refractivity contribution < 1.29 is 4.92 Å². The number of nitrogens with zero attached hydrogens (tertiary/aromatic N) is 2. The van der Waals surface area contributed by atoms with E-state index >= 15 is 0 Å². The van der Waals surface area contributed by atoms with Crippen LogP contribution < -0.4 is 5.32 Å². The first-order valence-electron chi connectivity index (χ1n) is 6.59. The normalized spacial score (nSPS) is 16.1. The maximum absolute atomic E-state index is 11.0. The molecule has 1 N–H and O–H groups in total. The summed E-state index contributed by atoms with van der Waals surface area (Å²) in [7, 11) is 0. The molecule has 1 aliphatic rings. The summed E-state index contributed by atoms with van der Waals surface area (Å²) in [5, 5.41) is 14.1. The van der Waals surface area contributed by atoms with Gasteiger partial charge in [-0.1, -0.05) is 24.3 Å². The Morgan fingerprint density at radius 3 is 2.90 bits per heavy atom. The van der Waals surface area contributed by atoms with Gasteiger partial charge in [0, 0.05) is 24.2 Å². The third kappa shape index (κ3) is 2.22. The third-order valence-corrected chi connectivity index (χ3v) is 3.69. The molecule has 0 aliphatic heterocycles. The Kier molecular flexibility index (Phi) is 3.10. The lowest BCUT2D eigenvalue weighted by Crippen LogP contribution is -2.24. The van der Waals surface area contributed by atoms with Gasteiger partial charge in [-0.05, 0) is 30.5 Å². The van der Waals surface area contributed by atoms with Crippen LogP contribution in [0.15, 0.2) is 36.4 Å². The van der Waals surface area contributed by atoms with Crippen LogP contribution >= 0.6 is 0 Å². The lowest BCUT2D eigenvalue weighted by Gasteiger charge is -2.30.